The van der Waals surface area contributed by atoms with Crippen LogP contribution in [0.3, 0.4) is 0 Å². The SMILES string of the molecule is NCCN(Cc1ccccc1)C(=O)[C@H]1CCC(=O)N1. The molecule has 0 bridgehead atoms. The summed E-state index contributed by atoms with van der Waals surface area (Å²) in [6.45, 7) is 1.45. The average Bonchev–Trinajstić information content (AvgIpc) is 2.85. The van der Waals surface area contributed by atoms with Crippen LogP contribution in [0.5, 0.6) is 0 Å². The molecule has 2 amide bonds. The van der Waals surface area contributed by atoms with Gasteiger partial charge in [0.2, 0.25) is 11.8 Å². The van der Waals surface area contributed by atoms with Gasteiger partial charge in [0.15, 0.2) is 0 Å². The maximum Gasteiger partial charge on any atom is 0.245 e. The minimum atomic E-state index is -0.386. The second-order valence-corrected chi connectivity index (χ2v) is 4.69. The van der Waals surface area contributed by atoms with E-state index >= 15 is 0 Å². The zero-order valence-corrected chi connectivity index (χ0v) is 10.8. The highest BCUT2D eigenvalue weighted by Crippen LogP contribution is 2.12. The highest BCUT2D eigenvalue weighted by molar-refractivity contribution is 5.90. The monoisotopic (exact) mass is 261 g/mol. The van der Waals surface area contributed by atoms with E-state index in [1.165, 1.54) is 0 Å². The predicted octanol–water partition coefficient (Wildman–Crippen LogP) is 0.252. The molecule has 0 saturated carbocycles. The molecule has 0 unspecified atom stereocenters. The number of carbonyl (C=O) groups is 2. The number of nitrogens with zero attached hydrogens (tertiary/aromatic N) is 1. The van der Waals surface area contributed by atoms with Gasteiger partial charge in [-0.25, -0.2) is 0 Å². The first-order valence-electron chi connectivity index (χ1n) is 6.53. The van der Waals surface area contributed by atoms with Crippen molar-refractivity contribution in [2.45, 2.75) is 25.4 Å². The van der Waals surface area contributed by atoms with Crippen LogP contribution < -0.4 is 11.1 Å². The maximum atomic E-state index is 12.3. The second-order valence-electron chi connectivity index (χ2n) is 4.69. The summed E-state index contributed by atoms with van der Waals surface area (Å²) in [6, 6.07) is 9.39. The van der Waals surface area contributed by atoms with E-state index in [0.29, 0.717) is 32.5 Å². The van der Waals surface area contributed by atoms with Crippen LogP contribution in [0.4, 0.5) is 0 Å². The first-order chi connectivity index (χ1) is 9.20. The van der Waals surface area contributed by atoms with Crippen LogP contribution >= 0.6 is 0 Å². The number of nitrogens with two attached hydrogens (primary N) is 1. The highest BCUT2D eigenvalue weighted by atomic mass is 16.2. The Morgan fingerprint density at radius 1 is 1.37 bits per heavy atom. The molecule has 19 heavy (non-hydrogen) atoms. The number of nitrogens with one attached hydrogen (secondary N) is 1. The third kappa shape index (κ3) is 3.54. The summed E-state index contributed by atoms with van der Waals surface area (Å²) in [6.07, 6.45) is 1.01. The average molecular weight is 261 g/mol. The summed E-state index contributed by atoms with van der Waals surface area (Å²) in [5.41, 5.74) is 6.63. The van der Waals surface area contributed by atoms with Gasteiger partial charge >= 0.3 is 0 Å². The highest BCUT2D eigenvalue weighted by Gasteiger charge is 2.30. The van der Waals surface area contributed by atoms with Gasteiger partial charge in [-0.1, -0.05) is 30.3 Å². The predicted molar refractivity (Wildman–Crippen MR) is 72.1 cm³/mol. The van der Waals surface area contributed by atoms with E-state index in [-0.39, 0.29) is 17.9 Å². The lowest BCUT2D eigenvalue weighted by atomic mass is 10.1. The van der Waals surface area contributed by atoms with Crippen molar-refractivity contribution in [3.8, 4) is 0 Å². The molecule has 1 atom stereocenters. The third-order valence-corrected chi connectivity index (χ3v) is 3.22. The summed E-state index contributed by atoms with van der Waals surface area (Å²) in [5.74, 6) is -0.0917. The summed E-state index contributed by atoms with van der Waals surface area (Å²) in [5, 5.41) is 2.71. The molecule has 0 spiro atoms. The zero-order valence-electron chi connectivity index (χ0n) is 10.8. The quantitative estimate of drug-likeness (QED) is 0.798. The molecular formula is C14H19N3O2. The number of carbonyl (C=O) groups excluding carboxylic acids is 2. The van der Waals surface area contributed by atoms with Crippen LogP contribution in [-0.2, 0) is 16.1 Å². The van der Waals surface area contributed by atoms with Gasteiger partial charge in [0, 0.05) is 26.1 Å². The van der Waals surface area contributed by atoms with Crippen molar-refractivity contribution < 1.29 is 9.59 Å². The van der Waals surface area contributed by atoms with Crippen LogP contribution in [0.1, 0.15) is 18.4 Å². The molecule has 1 fully saturated rings. The van der Waals surface area contributed by atoms with Gasteiger partial charge in [-0.3, -0.25) is 9.59 Å². The van der Waals surface area contributed by atoms with Gasteiger partial charge in [-0.15, -0.1) is 0 Å². The Bertz CT molecular complexity index is 447. The van der Waals surface area contributed by atoms with Gasteiger partial charge in [0.1, 0.15) is 6.04 Å². The minimum absolute atomic E-state index is 0.0415. The minimum Gasteiger partial charge on any atom is -0.344 e. The molecule has 1 heterocycles. The van der Waals surface area contributed by atoms with E-state index in [9.17, 15) is 9.59 Å². The van der Waals surface area contributed by atoms with Crippen LogP contribution in [0, 0.1) is 0 Å². The van der Waals surface area contributed by atoms with E-state index in [1.54, 1.807) is 4.90 Å². The number of hydrogen-bond donors (Lipinski definition) is 2. The van der Waals surface area contributed by atoms with E-state index in [2.05, 4.69) is 5.32 Å². The van der Waals surface area contributed by atoms with Crippen molar-refractivity contribution in [1.82, 2.24) is 10.2 Å². The Morgan fingerprint density at radius 3 is 2.68 bits per heavy atom. The van der Waals surface area contributed by atoms with Crippen molar-refractivity contribution in [2.75, 3.05) is 13.1 Å². The van der Waals surface area contributed by atoms with Gasteiger partial charge in [0.25, 0.3) is 0 Å². The van der Waals surface area contributed by atoms with Crippen LogP contribution in [0.15, 0.2) is 30.3 Å². The molecule has 5 nitrogen and oxygen atoms in total. The smallest absolute Gasteiger partial charge is 0.245 e. The van der Waals surface area contributed by atoms with Crippen LogP contribution in [-0.4, -0.2) is 35.8 Å². The number of rotatable bonds is 5. The molecule has 1 aromatic carbocycles. The summed E-state index contributed by atoms with van der Waals surface area (Å²) < 4.78 is 0. The topological polar surface area (TPSA) is 75.4 Å². The van der Waals surface area contributed by atoms with Crippen molar-refractivity contribution in [3.05, 3.63) is 35.9 Å². The first kappa shape index (κ1) is 13.5. The van der Waals surface area contributed by atoms with E-state index in [4.69, 9.17) is 5.73 Å². The molecule has 5 heteroatoms. The molecule has 2 rings (SSSR count). The Balaban J connectivity index is 2.02. The summed E-state index contributed by atoms with van der Waals surface area (Å²) in [4.78, 5) is 25.2. The Kier molecular flexibility index (Phi) is 4.52. The molecular weight excluding hydrogens is 242 g/mol. The largest absolute Gasteiger partial charge is 0.344 e. The molecule has 0 aliphatic carbocycles. The fraction of sp³-hybridized carbons (Fsp3) is 0.429. The fourth-order valence-corrected chi connectivity index (χ4v) is 2.25. The third-order valence-electron chi connectivity index (χ3n) is 3.22. The second kappa shape index (κ2) is 6.33. The lowest BCUT2D eigenvalue weighted by Crippen LogP contribution is -2.45. The molecule has 3 N–H and O–H groups in total. The van der Waals surface area contributed by atoms with Gasteiger partial charge in [-0.2, -0.15) is 0 Å². The van der Waals surface area contributed by atoms with Crippen molar-refractivity contribution in [2.24, 2.45) is 5.73 Å². The van der Waals surface area contributed by atoms with E-state index in [1.807, 2.05) is 30.3 Å². The number of hydrogen-bond acceptors (Lipinski definition) is 3. The molecule has 0 aromatic heterocycles. The van der Waals surface area contributed by atoms with Crippen molar-refractivity contribution in [3.63, 3.8) is 0 Å². The van der Waals surface area contributed by atoms with Crippen molar-refractivity contribution in [1.29, 1.82) is 0 Å². The zero-order chi connectivity index (χ0) is 13.7. The Morgan fingerprint density at radius 2 is 2.11 bits per heavy atom. The molecule has 0 radical (unpaired) electrons. The number of amides is 2. The van der Waals surface area contributed by atoms with Crippen LogP contribution in [0.2, 0.25) is 0 Å². The maximum absolute atomic E-state index is 12.3. The Labute approximate surface area is 112 Å². The van der Waals surface area contributed by atoms with Gasteiger partial charge < -0.3 is 16.0 Å². The van der Waals surface area contributed by atoms with E-state index in [0.717, 1.165) is 5.56 Å². The van der Waals surface area contributed by atoms with Gasteiger partial charge in [0.05, 0.1) is 0 Å². The normalized spacial score (nSPS) is 18.2. The first-order valence-corrected chi connectivity index (χ1v) is 6.53. The van der Waals surface area contributed by atoms with Crippen molar-refractivity contribution >= 4 is 11.8 Å². The number of benzene rings is 1. The van der Waals surface area contributed by atoms with Gasteiger partial charge in [-0.05, 0) is 12.0 Å². The molecule has 1 aliphatic heterocycles. The summed E-state index contributed by atoms with van der Waals surface area (Å²) >= 11 is 0. The Hall–Kier alpha value is -1.88. The lowest BCUT2D eigenvalue weighted by molar-refractivity contribution is -0.134. The van der Waals surface area contributed by atoms with E-state index < -0.39 is 0 Å². The fourth-order valence-electron chi connectivity index (χ4n) is 2.25. The molecule has 1 aliphatic rings. The van der Waals surface area contributed by atoms with Crippen LogP contribution in [0.25, 0.3) is 0 Å². The lowest BCUT2D eigenvalue weighted by Gasteiger charge is -2.25. The molecule has 1 aromatic rings. The standard InChI is InChI=1S/C14H19N3O2/c15-8-9-17(10-11-4-2-1-3-5-11)14(19)12-6-7-13(18)16-12/h1-5,12H,6-10,15H2,(H,16,18)/t12-/m1/s1. The molecule has 1 saturated heterocycles. The molecule has 102 valence electrons. The summed E-state index contributed by atoms with van der Waals surface area (Å²) in [7, 11) is 0.